The van der Waals surface area contributed by atoms with Crippen LogP contribution in [-0.4, -0.2) is 20.7 Å². The Morgan fingerprint density at radius 3 is 2.50 bits per heavy atom. The molecule has 112 valence electrons. The van der Waals surface area contributed by atoms with Crippen LogP contribution in [0.5, 0.6) is 5.75 Å². The van der Waals surface area contributed by atoms with Crippen molar-refractivity contribution in [3.05, 3.63) is 52.8 Å². The Kier molecular flexibility index (Phi) is 3.41. The molecule has 0 saturated carbocycles. The van der Waals surface area contributed by atoms with Crippen molar-refractivity contribution in [2.45, 2.75) is 20.8 Å². The average molecular weight is 295 g/mol. The molecule has 0 aliphatic carbocycles. The van der Waals surface area contributed by atoms with Gasteiger partial charge in [-0.15, -0.1) is 0 Å². The van der Waals surface area contributed by atoms with E-state index in [0.29, 0.717) is 17.0 Å². The summed E-state index contributed by atoms with van der Waals surface area (Å²) in [6.07, 6.45) is 0. The molecule has 0 N–H and O–H groups in total. The molecule has 0 saturated heterocycles. The summed E-state index contributed by atoms with van der Waals surface area (Å²) in [7, 11) is 1.82. The molecule has 0 bridgehead atoms. The van der Waals surface area contributed by atoms with Gasteiger partial charge in [0, 0.05) is 12.7 Å². The molecule has 0 atom stereocenters. The van der Waals surface area contributed by atoms with Gasteiger partial charge in [-0.1, -0.05) is 17.7 Å². The predicted molar refractivity (Wildman–Crippen MR) is 84.1 cm³/mol. The number of fused-ring (bicyclic) bond motifs is 1. The fourth-order valence-corrected chi connectivity index (χ4v) is 2.50. The zero-order valence-corrected chi connectivity index (χ0v) is 13.0. The first kappa shape index (κ1) is 14.3. The largest absolute Gasteiger partial charge is 0.423 e. The van der Waals surface area contributed by atoms with Gasteiger partial charge in [0.15, 0.2) is 5.65 Å². The van der Waals surface area contributed by atoms with Crippen LogP contribution in [0.2, 0.25) is 0 Å². The third kappa shape index (κ3) is 2.45. The average Bonchev–Trinajstić information content (AvgIpc) is 2.75. The number of carbonyl (C=O) groups excluding carboxylic acids is 1. The van der Waals surface area contributed by atoms with Crippen LogP contribution in [0.4, 0.5) is 0 Å². The number of pyridine rings is 1. The van der Waals surface area contributed by atoms with E-state index >= 15 is 0 Å². The summed E-state index contributed by atoms with van der Waals surface area (Å²) < 4.78 is 7.16. The molecule has 22 heavy (non-hydrogen) atoms. The highest BCUT2D eigenvalue weighted by molar-refractivity contribution is 6.04. The first-order valence-corrected chi connectivity index (χ1v) is 7.05. The van der Waals surface area contributed by atoms with Crippen LogP contribution < -0.4 is 4.74 Å². The van der Waals surface area contributed by atoms with E-state index in [1.807, 2.05) is 40.0 Å². The van der Waals surface area contributed by atoms with Crippen molar-refractivity contribution < 1.29 is 9.53 Å². The summed E-state index contributed by atoms with van der Waals surface area (Å²) in [6, 6.07) is 9.13. The minimum Gasteiger partial charge on any atom is -0.423 e. The molecular weight excluding hydrogens is 278 g/mol. The molecule has 0 radical (unpaired) electrons. The van der Waals surface area contributed by atoms with Crippen LogP contribution in [0.1, 0.15) is 27.3 Å². The number of esters is 1. The van der Waals surface area contributed by atoms with Gasteiger partial charge in [-0.2, -0.15) is 5.10 Å². The SMILES string of the molecule is Cc1ccc(OC(=O)c2cc(C)nc3c2c(C)nn3C)cc1. The summed E-state index contributed by atoms with van der Waals surface area (Å²) in [6.45, 7) is 5.70. The second kappa shape index (κ2) is 5.26. The van der Waals surface area contributed by atoms with Gasteiger partial charge in [0.05, 0.1) is 16.6 Å². The number of carbonyl (C=O) groups is 1. The molecule has 2 heterocycles. The van der Waals surface area contributed by atoms with Crippen LogP contribution in [0, 0.1) is 20.8 Å². The number of nitrogens with zero attached hydrogens (tertiary/aromatic N) is 3. The Balaban J connectivity index is 2.05. The Labute approximate surface area is 128 Å². The number of benzene rings is 1. The van der Waals surface area contributed by atoms with E-state index in [4.69, 9.17) is 4.74 Å². The highest BCUT2D eigenvalue weighted by atomic mass is 16.5. The number of hydrogen-bond donors (Lipinski definition) is 0. The van der Waals surface area contributed by atoms with E-state index in [9.17, 15) is 4.79 Å². The van der Waals surface area contributed by atoms with E-state index in [1.165, 1.54) is 0 Å². The smallest absolute Gasteiger partial charge is 0.344 e. The van der Waals surface area contributed by atoms with Crippen LogP contribution >= 0.6 is 0 Å². The lowest BCUT2D eigenvalue weighted by Crippen LogP contribution is -2.10. The van der Waals surface area contributed by atoms with Crippen LogP contribution in [0.15, 0.2) is 30.3 Å². The van der Waals surface area contributed by atoms with Gasteiger partial charge in [0.1, 0.15) is 5.75 Å². The van der Waals surface area contributed by atoms with Gasteiger partial charge in [-0.25, -0.2) is 9.78 Å². The molecule has 0 aliphatic rings. The lowest BCUT2D eigenvalue weighted by atomic mass is 10.1. The van der Waals surface area contributed by atoms with E-state index in [0.717, 1.165) is 22.3 Å². The Bertz CT molecular complexity index is 864. The quantitative estimate of drug-likeness (QED) is 0.538. The van der Waals surface area contributed by atoms with Gasteiger partial charge in [-0.05, 0) is 39.0 Å². The lowest BCUT2D eigenvalue weighted by Gasteiger charge is -2.07. The number of aryl methyl sites for hydroxylation is 4. The third-order valence-electron chi connectivity index (χ3n) is 3.55. The van der Waals surface area contributed by atoms with Gasteiger partial charge in [0.25, 0.3) is 0 Å². The highest BCUT2D eigenvalue weighted by Crippen LogP contribution is 2.23. The second-order valence-corrected chi connectivity index (χ2v) is 5.42. The van der Waals surface area contributed by atoms with Gasteiger partial charge < -0.3 is 4.74 Å². The number of rotatable bonds is 2. The van der Waals surface area contributed by atoms with Crippen molar-refractivity contribution in [1.29, 1.82) is 0 Å². The molecule has 0 aliphatic heterocycles. The van der Waals surface area contributed by atoms with Gasteiger partial charge in [0.2, 0.25) is 0 Å². The molecule has 2 aromatic heterocycles. The number of hydrogen-bond acceptors (Lipinski definition) is 4. The summed E-state index contributed by atoms with van der Waals surface area (Å²) in [5, 5.41) is 5.08. The van der Waals surface area contributed by atoms with Crippen molar-refractivity contribution in [1.82, 2.24) is 14.8 Å². The van der Waals surface area contributed by atoms with Gasteiger partial charge in [-0.3, -0.25) is 4.68 Å². The summed E-state index contributed by atoms with van der Waals surface area (Å²) in [5.41, 5.74) is 3.82. The lowest BCUT2D eigenvalue weighted by molar-refractivity contribution is 0.0736. The van der Waals surface area contributed by atoms with Crippen molar-refractivity contribution in [2.75, 3.05) is 0 Å². The maximum Gasteiger partial charge on any atom is 0.344 e. The molecule has 3 aromatic rings. The van der Waals surface area contributed by atoms with Crippen LogP contribution in [-0.2, 0) is 7.05 Å². The molecule has 0 spiro atoms. The monoisotopic (exact) mass is 295 g/mol. The number of ether oxygens (including phenoxy) is 1. The molecule has 5 nitrogen and oxygen atoms in total. The fourth-order valence-electron chi connectivity index (χ4n) is 2.50. The van der Waals surface area contributed by atoms with E-state index in [2.05, 4.69) is 10.1 Å². The van der Waals surface area contributed by atoms with Gasteiger partial charge >= 0.3 is 5.97 Å². The Hall–Kier alpha value is -2.69. The van der Waals surface area contributed by atoms with Crippen molar-refractivity contribution in [3.63, 3.8) is 0 Å². The molecule has 0 fully saturated rings. The summed E-state index contributed by atoms with van der Waals surface area (Å²) >= 11 is 0. The Morgan fingerprint density at radius 1 is 1.14 bits per heavy atom. The highest BCUT2D eigenvalue weighted by Gasteiger charge is 2.19. The molecule has 3 rings (SSSR count). The molecule has 0 unspecified atom stereocenters. The first-order valence-electron chi connectivity index (χ1n) is 7.05. The van der Waals surface area contributed by atoms with E-state index < -0.39 is 5.97 Å². The maximum absolute atomic E-state index is 12.5. The minimum atomic E-state index is -0.393. The Morgan fingerprint density at radius 2 is 1.82 bits per heavy atom. The molecular formula is C17H17N3O2. The third-order valence-corrected chi connectivity index (χ3v) is 3.55. The van der Waals surface area contributed by atoms with Crippen molar-refractivity contribution >= 4 is 17.0 Å². The fraction of sp³-hybridized carbons (Fsp3) is 0.235. The summed E-state index contributed by atoms with van der Waals surface area (Å²) in [4.78, 5) is 17.0. The summed E-state index contributed by atoms with van der Waals surface area (Å²) in [5.74, 6) is 0.134. The minimum absolute atomic E-state index is 0.393. The first-order chi connectivity index (χ1) is 10.5. The number of aromatic nitrogens is 3. The zero-order valence-electron chi connectivity index (χ0n) is 13.0. The van der Waals surface area contributed by atoms with Crippen molar-refractivity contribution in [3.8, 4) is 5.75 Å². The zero-order chi connectivity index (χ0) is 15.9. The standard InChI is InChI=1S/C17H17N3O2/c1-10-5-7-13(8-6-10)22-17(21)14-9-11(2)18-16-15(14)12(3)19-20(16)4/h5-9H,1-4H3. The second-order valence-electron chi connectivity index (χ2n) is 5.42. The topological polar surface area (TPSA) is 57.0 Å². The molecule has 0 amide bonds. The normalized spacial score (nSPS) is 10.9. The van der Waals surface area contributed by atoms with E-state index in [-0.39, 0.29) is 0 Å². The van der Waals surface area contributed by atoms with Crippen LogP contribution in [0.25, 0.3) is 11.0 Å². The maximum atomic E-state index is 12.5. The van der Waals surface area contributed by atoms with Crippen LogP contribution in [0.3, 0.4) is 0 Å². The predicted octanol–water partition coefficient (Wildman–Crippen LogP) is 3.11. The molecule has 1 aromatic carbocycles. The van der Waals surface area contributed by atoms with E-state index in [1.54, 1.807) is 22.9 Å². The van der Waals surface area contributed by atoms with Crippen molar-refractivity contribution in [2.24, 2.45) is 7.05 Å². The molecule has 5 heteroatoms.